The highest BCUT2D eigenvalue weighted by molar-refractivity contribution is 5.94. The topological polar surface area (TPSA) is 80.9 Å². The first kappa shape index (κ1) is 21.8. The molecule has 0 spiro atoms. The molecule has 0 bridgehead atoms. The predicted molar refractivity (Wildman–Crippen MR) is 115 cm³/mol. The summed E-state index contributed by atoms with van der Waals surface area (Å²) < 4.78 is 29.8. The second-order valence-corrected chi connectivity index (χ2v) is 7.61. The van der Waals surface area contributed by atoms with Gasteiger partial charge in [-0.2, -0.15) is 4.98 Å². The zero-order chi connectivity index (χ0) is 22.7. The lowest BCUT2D eigenvalue weighted by Crippen LogP contribution is -2.48. The zero-order valence-corrected chi connectivity index (χ0v) is 18.3. The maximum absolute atomic E-state index is 13.8. The van der Waals surface area contributed by atoms with Crippen LogP contribution in [0, 0.1) is 12.7 Å². The number of hydrogen-bond donors (Lipinski definition) is 0. The maximum Gasteiger partial charge on any atom is 0.254 e. The molecule has 0 atom stereocenters. The Balaban J connectivity index is 1.35. The third kappa shape index (κ3) is 4.57. The molecule has 0 saturated carbocycles. The highest BCUT2D eigenvalue weighted by Crippen LogP contribution is 2.31. The van der Waals surface area contributed by atoms with Crippen LogP contribution in [0.3, 0.4) is 0 Å². The molecule has 1 aliphatic heterocycles. The first-order chi connectivity index (χ1) is 15.5. The van der Waals surface area contributed by atoms with Gasteiger partial charge in [-0.05, 0) is 42.8 Å². The van der Waals surface area contributed by atoms with Gasteiger partial charge in [0.05, 0.1) is 20.8 Å². The van der Waals surface area contributed by atoms with Crippen molar-refractivity contribution in [1.82, 2.24) is 19.9 Å². The van der Waals surface area contributed by atoms with Gasteiger partial charge in [-0.15, -0.1) is 0 Å². The Labute approximate surface area is 185 Å². The molecule has 168 valence electrons. The number of amides is 1. The number of piperazine rings is 1. The van der Waals surface area contributed by atoms with Crippen molar-refractivity contribution in [2.75, 3.05) is 40.4 Å². The molecule has 4 rings (SSSR count). The van der Waals surface area contributed by atoms with E-state index in [1.807, 2.05) is 6.07 Å². The maximum atomic E-state index is 13.8. The summed E-state index contributed by atoms with van der Waals surface area (Å²) in [6.07, 6.45) is 0. The quantitative estimate of drug-likeness (QED) is 0.582. The van der Waals surface area contributed by atoms with Crippen LogP contribution in [-0.2, 0) is 6.54 Å². The molecule has 8 nitrogen and oxygen atoms in total. The summed E-state index contributed by atoms with van der Waals surface area (Å²) in [5, 5.41) is 4.07. The summed E-state index contributed by atoms with van der Waals surface area (Å²) in [4.78, 5) is 21.0. The van der Waals surface area contributed by atoms with Gasteiger partial charge in [0.15, 0.2) is 11.5 Å². The molecule has 1 aromatic heterocycles. The number of aromatic nitrogens is 2. The highest BCUT2D eigenvalue weighted by atomic mass is 19.1. The number of carbonyl (C=O) groups is 1. The Hall–Kier alpha value is -3.46. The number of halogens is 1. The van der Waals surface area contributed by atoms with Crippen LogP contribution < -0.4 is 9.47 Å². The third-order valence-electron chi connectivity index (χ3n) is 5.55. The van der Waals surface area contributed by atoms with Gasteiger partial charge in [-0.1, -0.05) is 11.2 Å². The Morgan fingerprint density at radius 3 is 2.50 bits per heavy atom. The van der Waals surface area contributed by atoms with Gasteiger partial charge in [0.25, 0.3) is 5.91 Å². The number of nitrogens with zero attached hydrogens (tertiary/aromatic N) is 4. The lowest BCUT2D eigenvalue weighted by molar-refractivity contribution is 0.0614. The number of rotatable bonds is 6. The molecule has 1 saturated heterocycles. The minimum absolute atomic E-state index is 0.155. The van der Waals surface area contributed by atoms with Gasteiger partial charge >= 0.3 is 0 Å². The van der Waals surface area contributed by atoms with E-state index in [2.05, 4.69) is 15.0 Å². The van der Waals surface area contributed by atoms with Crippen molar-refractivity contribution >= 4 is 5.91 Å². The molecule has 2 heterocycles. The van der Waals surface area contributed by atoms with Gasteiger partial charge in [0.1, 0.15) is 5.82 Å². The van der Waals surface area contributed by atoms with Crippen LogP contribution in [0.25, 0.3) is 11.4 Å². The van der Waals surface area contributed by atoms with Gasteiger partial charge < -0.3 is 18.9 Å². The predicted octanol–water partition coefficient (Wildman–Crippen LogP) is 3.16. The molecular formula is C23H25FN4O4. The van der Waals surface area contributed by atoms with Crippen LogP contribution in [0.5, 0.6) is 11.5 Å². The SMILES string of the molecule is COc1ccc(-c2noc(CN3CCN(C(=O)c4ccc(C)c(F)c4)CC3)n2)cc1OC. The average Bonchev–Trinajstić information content (AvgIpc) is 3.29. The minimum atomic E-state index is -0.365. The first-order valence-corrected chi connectivity index (χ1v) is 10.3. The van der Waals surface area contributed by atoms with Crippen molar-refractivity contribution in [2.24, 2.45) is 0 Å². The van der Waals surface area contributed by atoms with Gasteiger partial charge in [0, 0.05) is 37.3 Å². The van der Waals surface area contributed by atoms with E-state index in [0.29, 0.717) is 67.1 Å². The smallest absolute Gasteiger partial charge is 0.254 e. The molecule has 0 aliphatic carbocycles. The van der Waals surface area contributed by atoms with Crippen molar-refractivity contribution < 1.29 is 23.2 Å². The van der Waals surface area contributed by atoms with Gasteiger partial charge in [0.2, 0.25) is 11.7 Å². The van der Waals surface area contributed by atoms with E-state index < -0.39 is 0 Å². The van der Waals surface area contributed by atoms with Crippen LogP contribution in [0.1, 0.15) is 21.8 Å². The number of hydrogen-bond acceptors (Lipinski definition) is 7. The Morgan fingerprint density at radius 2 is 1.81 bits per heavy atom. The molecule has 0 radical (unpaired) electrons. The second-order valence-electron chi connectivity index (χ2n) is 7.61. The fourth-order valence-electron chi connectivity index (χ4n) is 3.62. The third-order valence-corrected chi connectivity index (χ3v) is 5.55. The minimum Gasteiger partial charge on any atom is -0.493 e. The summed E-state index contributed by atoms with van der Waals surface area (Å²) in [7, 11) is 3.15. The number of aryl methyl sites for hydroxylation is 1. The fraction of sp³-hybridized carbons (Fsp3) is 0.348. The zero-order valence-electron chi connectivity index (χ0n) is 18.3. The van der Waals surface area contributed by atoms with Crippen molar-refractivity contribution in [3.63, 3.8) is 0 Å². The van der Waals surface area contributed by atoms with Crippen LogP contribution >= 0.6 is 0 Å². The molecule has 1 amide bonds. The number of benzene rings is 2. The molecule has 32 heavy (non-hydrogen) atoms. The molecule has 2 aromatic carbocycles. The van der Waals surface area contributed by atoms with Crippen molar-refractivity contribution in [3.8, 4) is 22.9 Å². The average molecular weight is 440 g/mol. The lowest BCUT2D eigenvalue weighted by Gasteiger charge is -2.34. The molecular weight excluding hydrogens is 415 g/mol. The molecule has 3 aromatic rings. The Kier molecular flexibility index (Phi) is 6.36. The summed E-state index contributed by atoms with van der Waals surface area (Å²) in [5.41, 5.74) is 1.66. The summed E-state index contributed by atoms with van der Waals surface area (Å²) in [5.74, 6) is 1.66. The van der Waals surface area contributed by atoms with E-state index in [9.17, 15) is 9.18 Å². The summed E-state index contributed by atoms with van der Waals surface area (Å²) in [6, 6.07) is 10.0. The normalized spacial score (nSPS) is 14.4. The van der Waals surface area contributed by atoms with Crippen molar-refractivity contribution in [2.45, 2.75) is 13.5 Å². The summed E-state index contributed by atoms with van der Waals surface area (Å²) >= 11 is 0. The van der Waals surface area contributed by atoms with E-state index in [0.717, 1.165) is 5.56 Å². The Bertz CT molecular complexity index is 1110. The van der Waals surface area contributed by atoms with E-state index in [-0.39, 0.29) is 11.7 Å². The largest absolute Gasteiger partial charge is 0.493 e. The van der Waals surface area contributed by atoms with Crippen LogP contribution in [-0.4, -0.2) is 66.2 Å². The second kappa shape index (κ2) is 9.35. The molecule has 9 heteroatoms. The van der Waals surface area contributed by atoms with Crippen molar-refractivity contribution in [1.29, 1.82) is 0 Å². The van der Waals surface area contributed by atoms with E-state index >= 15 is 0 Å². The summed E-state index contributed by atoms with van der Waals surface area (Å²) in [6.45, 7) is 4.58. The van der Waals surface area contributed by atoms with Crippen LogP contribution in [0.2, 0.25) is 0 Å². The fourth-order valence-corrected chi connectivity index (χ4v) is 3.62. The number of carbonyl (C=O) groups excluding carboxylic acids is 1. The Morgan fingerprint density at radius 1 is 1.06 bits per heavy atom. The highest BCUT2D eigenvalue weighted by Gasteiger charge is 2.24. The van der Waals surface area contributed by atoms with Crippen molar-refractivity contribution in [3.05, 3.63) is 59.2 Å². The molecule has 1 aliphatic rings. The van der Waals surface area contributed by atoms with E-state index in [4.69, 9.17) is 14.0 Å². The molecule has 1 fully saturated rings. The monoisotopic (exact) mass is 440 g/mol. The molecule has 0 unspecified atom stereocenters. The first-order valence-electron chi connectivity index (χ1n) is 10.3. The van der Waals surface area contributed by atoms with Gasteiger partial charge in [-0.3, -0.25) is 9.69 Å². The lowest BCUT2D eigenvalue weighted by atomic mass is 10.1. The molecule has 0 N–H and O–H groups in total. The van der Waals surface area contributed by atoms with E-state index in [1.165, 1.54) is 6.07 Å². The number of methoxy groups -OCH3 is 2. The van der Waals surface area contributed by atoms with Crippen LogP contribution in [0.15, 0.2) is 40.9 Å². The standard InChI is InChI=1S/C23H25FN4O4/c1-15-4-5-17(12-18(15)24)23(29)28-10-8-27(9-11-28)14-21-25-22(26-32-21)16-6-7-19(30-2)20(13-16)31-3/h4-7,12-13H,8-11,14H2,1-3H3. The van der Waals surface area contributed by atoms with E-state index in [1.54, 1.807) is 50.3 Å². The number of ether oxygens (including phenoxy) is 2. The van der Waals surface area contributed by atoms with Crippen LogP contribution in [0.4, 0.5) is 4.39 Å². The van der Waals surface area contributed by atoms with Gasteiger partial charge in [-0.25, -0.2) is 4.39 Å².